The lowest BCUT2D eigenvalue weighted by atomic mass is 9.98. The van der Waals surface area contributed by atoms with Crippen molar-refractivity contribution in [2.75, 3.05) is 13.2 Å². The van der Waals surface area contributed by atoms with Gasteiger partial charge in [0.05, 0.1) is 6.42 Å². The van der Waals surface area contributed by atoms with E-state index in [4.69, 9.17) is 9.84 Å². The second kappa shape index (κ2) is 11.0. The molecule has 0 radical (unpaired) electrons. The van der Waals surface area contributed by atoms with Crippen molar-refractivity contribution in [1.82, 2.24) is 10.6 Å². The zero-order chi connectivity index (χ0) is 24.7. The number of amides is 2. The van der Waals surface area contributed by atoms with Crippen LogP contribution < -0.4 is 10.6 Å². The number of carboxylic acids is 1. The first-order chi connectivity index (χ1) is 16.2. The van der Waals surface area contributed by atoms with Crippen LogP contribution in [-0.2, 0) is 14.3 Å². The standard InChI is InChI=1S/C24H25F3N2O5/c25-24(26,27)13-20(22(31)32)29-21(30)11-5-6-12-28-23(33)34-14-19-17-9-3-1-7-15(17)16-8-2-4-10-18(16)19/h1-4,7-10,19-20H,5-6,11-14H2,(H,28,33)(H,29,30)(H,31,32). The third-order valence-electron chi connectivity index (χ3n) is 5.51. The first kappa shape index (κ1) is 25.1. The number of rotatable bonds is 10. The number of carbonyl (C=O) groups excluding carboxylic acids is 2. The van der Waals surface area contributed by atoms with Crippen molar-refractivity contribution in [3.8, 4) is 11.1 Å². The van der Waals surface area contributed by atoms with E-state index in [1.54, 1.807) is 0 Å². The predicted octanol–water partition coefficient (Wildman–Crippen LogP) is 4.22. The van der Waals surface area contributed by atoms with Gasteiger partial charge in [0, 0.05) is 18.9 Å². The molecule has 7 nitrogen and oxygen atoms in total. The second-order valence-electron chi connectivity index (χ2n) is 7.99. The zero-order valence-electron chi connectivity index (χ0n) is 18.2. The summed E-state index contributed by atoms with van der Waals surface area (Å²) in [6, 6.07) is 13.9. The van der Waals surface area contributed by atoms with Crippen LogP contribution in [0.3, 0.4) is 0 Å². The van der Waals surface area contributed by atoms with Gasteiger partial charge in [0.2, 0.25) is 5.91 Å². The molecule has 0 heterocycles. The molecule has 1 aliphatic carbocycles. The largest absolute Gasteiger partial charge is 0.480 e. The summed E-state index contributed by atoms with van der Waals surface area (Å²) < 4.78 is 42.5. The molecule has 0 fully saturated rings. The van der Waals surface area contributed by atoms with Gasteiger partial charge in [0.25, 0.3) is 0 Å². The Morgan fingerprint density at radius 1 is 0.971 bits per heavy atom. The number of aliphatic carboxylic acids is 1. The van der Waals surface area contributed by atoms with E-state index in [1.807, 2.05) is 53.8 Å². The summed E-state index contributed by atoms with van der Waals surface area (Å²) in [4.78, 5) is 34.7. The Kier molecular flexibility index (Phi) is 8.14. The third-order valence-corrected chi connectivity index (χ3v) is 5.51. The van der Waals surface area contributed by atoms with Gasteiger partial charge in [-0.05, 0) is 35.1 Å². The van der Waals surface area contributed by atoms with E-state index in [2.05, 4.69) is 5.32 Å². The van der Waals surface area contributed by atoms with E-state index >= 15 is 0 Å². The Bertz CT molecular complexity index is 996. The summed E-state index contributed by atoms with van der Waals surface area (Å²) in [7, 11) is 0. The molecule has 1 aliphatic rings. The van der Waals surface area contributed by atoms with Crippen LogP contribution in [0.25, 0.3) is 11.1 Å². The maximum atomic E-state index is 12.4. The van der Waals surface area contributed by atoms with Crippen molar-refractivity contribution >= 4 is 18.0 Å². The molecule has 0 aromatic heterocycles. The topological polar surface area (TPSA) is 105 Å². The number of unbranched alkanes of at least 4 members (excludes halogenated alkanes) is 1. The molecule has 10 heteroatoms. The Morgan fingerprint density at radius 3 is 2.12 bits per heavy atom. The number of hydrogen-bond donors (Lipinski definition) is 3. The summed E-state index contributed by atoms with van der Waals surface area (Å²) in [5.74, 6) is -2.61. The van der Waals surface area contributed by atoms with Crippen LogP contribution >= 0.6 is 0 Å². The molecule has 0 aliphatic heterocycles. The molecule has 0 saturated carbocycles. The van der Waals surface area contributed by atoms with Gasteiger partial charge in [0.1, 0.15) is 12.6 Å². The molecule has 34 heavy (non-hydrogen) atoms. The van der Waals surface area contributed by atoms with Gasteiger partial charge in [-0.25, -0.2) is 9.59 Å². The van der Waals surface area contributed by atoms with Crippen LogP contribution in [0.2, 0.25) is 0 Å². The van der Waals surface area contributed by atoms with E-state index in [0.29, 0.717) is 6.42 Å². The number of halogens is 3. The molecule has 0 saturated heterocycles. The van der Waals surface area contributed by atoms with Gasteiger partial charge in [-0.1, -0.05) is 48.5 Å². The van der Waals surface area contributed by atoms with Gasteiger partial charge < -0.3 is 20.5 Å². The minimum absolute atomic E-state index is 0.0688. The lowest BCUT2D eigenvalue weighted by Crippen LogP contribution is -2.43. The van der Waals surface area contributed by atoms with Gasteiger partial charge in [-0.15, -0.1) is 0 Å². The highest BCUT2D eigenvalue weighted by Gasteiger charge is 2.36. The zero-order valence-corrected chi connectivity index (χ0v) is 18.2. The second-order valence-corrected chi connectivity index (χ2v) is 7.99. The minimum atomic E-state index is -4.71. The Labute approximate surface area is 194 Å². The van der Waals surface area contributed by atoms with Gasteiger partial charge in [0.15, 0.2) is 0 Å². The van der Waals surface area contributed by atoms with Crippen LogP contribution in [0.15, 0.2) is 48.5 Å². The van der Waals surface area contributed by atoms with E-state index < -0.39 is 36.6 Å². The van der Waals surface area contributed by atoms with Crippen molar-refractivity contribution in [2.24, 2.45) is 0 Å². The van der Waals surface area contributed by atoms with E-state index in [-0.39, 0.29) is 31.9 Å². The Balaban J connectivity index is 1.37. The SMILES string of the molecule is O=C(CCCCNC(=O)OCC1c2ccccc2-c2ccccc21)NC(CC(F)(F)F)C(=O)O. The number of hydrogen-bond acceptors (Lipinski definition) is 4. The molecule has 1 unspecified atom stereocenters. The average Bonchev–Trinajstić information content (AvgIpc) is 3.10. The fourth-order valence-electron chi connectivity index (χ4n) is 3.95. The fraction of sp³-hybridized carbons (Fsp3) is 0.375. The van der Waals surface area contributed by atoms with Crippen molar-refractivity contribution < 1.29 is 37.4 Å². The summed E-state index contributed by atoms with van der Waals surface area (Å²) in [6.07, 6.45) is -6.49. The molecule has 1 atom stereocenters. The first-order valence-electron chi connectivity index (χ1n) is 10.8. The number of alkyl carbamates (subject to hydrolysis) is 1. The van der Waals surface area contributed by atoms with Crippen molar-refractivity contribution in [1.29, 1.82) is 0 Å². The molecule has 2 amide bonds. The van der Waals surface area contributed by atoms with Gasteiger partial charge >= 0.3 is 18.2 Å². The molecular formula is C24H25F3N2O5. The molecule has 2 aromatic carbocycles. The number of carboxylic acid groups (broad SMARTS) is 1. The van der Waals surface area contributed by atoms with Crippen molar-refractivity contribution in [3.05, 3.63) is 59.7 Å². The van der Waals surface area contributed by atoms with Crippen molar-refractivity contribution in [2.45, 2.75) is 43.8 Å². The maximum Gasteiger partial charge on any atom is 0.407 e. The molecule has 0 spiro atoms. The molecule has 0 bridgehead atoms. The van der Waals surface area contributed by atoms with E-state index in [0.717, 1.165) is 22.3 Å². The van der Waals surface area contributed by atoms with Crippen LogP contribution in [0.1, 0.15) is 42.7 Å². The summed E-state index contributed by atoms with van der Waals surface area (Å²) >= 11 is 0. The maximum absolute atomic E-state index is 12.4. The van der Waals surface area contributed by atoms with Crippen LogP contribution in [-0.4, -0.2) is 48.4 Å². The third kappa shape index (κ3) is 6.72. The first-order valence-corrected chi connectivity index (χ1v) is 10.8. The monoisotopic (exact) mass is 478 g/mol. The van der Waals surface area contributed by atoms with E-state index in [1.165, 1.54) is 0 Å². The smallest absolute Gasteiger partial charge is 0.407 e. The summed E-state index contributed by atoms with van der Waals surface area (Å²) in [5.41, 5.74) is 4.41. The Hall–Kier alpha value is -3.56. The number of ether oxygens (including phenoxy) is 1. The molecule has 3 N–H and O–H groups in total. The predicted molar refractivity (Wildman–Crippen MR) is 117 cm³/mol. The number of benzene rings is 2. The highest BCUT2D eigenvalue weighted by atomic mass is 19.4. The number of fused-ring (bicyclic) bond motifs is 3. The highest BCUT2D eigenvalue weighted by molar-refractivity contribution is 5.83. The van der Waals surface area contributed by atoms with Crippen LogP contribution in [0.4, 0.5) is 18.0 Å². The highest BCUT2D eigenvalue weighted by Crippen LogP contribution is 2.44. The van der Waals surface area contributed by atoms with Crippen LogP contribution in [0, 0.1) is 0 Å². The molecular weight excluding hydrogens is 453 g/mol. The van der Waals surface area contributed by atoms with Gasteiger partial charge in [-0.3, -0.25) is 4.79 Å². The normalized spacial score (nSPS) is 13.5. The lowest BCUT2D eigenvalue weighted by molar-refractivity contribution is -0.160. The van der Waals surface area contributed by atoms with Gasteiger partial charge in [-0.2, -0.15) is 13.2 Å². The summed E-state index contributed by atoms with van der Waals surface area (Å²) in [6.45, 7) is 0.368. The molecule has 3 rings (SSSR count). The fourth-order valence-corrected chi connectivity index (χ4v) is 3.95. The Morgan fingerprint density at radius 2 is 1.56 bits per heavy atom. The molecule has 2 aromatic rings. The lowest BCUT2D eigenvalue weighted by Gasteiger charge is -2.16. The number of carbonyl (C=O) groups is 3. The number of nitrogens with one attached hydrogen (secondary N) is 2. The molecule has 182 valence electrons. The number of alkyl halides is 3. The van der Waals surface area contributed by atoms with Crippen LogP contribution in [0.5, 0.6) is 0 Å². The summed E-state index contributed by atoms with van der Waals surface area (Å²) in [5, 5.41) is 13.3. The average molecular weight is 478 g/mol. The van der Waals surface area contributed by atoms with Crippen molar-refractivity contribution in [3.63, 3.8) is 0 Å². The quantitative estimate of drug-likeness (QED) is 0.444. The minimum Gasteiger partial charge on any atom is -0.480 e. The van der Waals surface area contributed by atoms with E-state index in [9.17, 15) is 27.6 Å².